The minimum atomic E-state index is -0.959. The van der Waals surface area contributed by atoms with Crippen LogP contribution in [0.5, 0.6) is 11.5 Å². The van der Waals surface area contributed by atoms with Gasteiger partial charge in [-0.3, -0.25) is 0 Å². The number of piperidine rings is 1. The third kappa shape index (κ3) is 6.53. The van der Waals surface area contributed by atoms with E-state index in [9.17, 15) is 15.1 Å². The molecule has 1 amide bonds. The Hall–Kier alpha value is -2.64. The van der Waals surface area contributed by atoms with Gasteiger partial charge in [0, 0.05) is 24.7 Å². The Balaban J connectivity index is 1.66. The Labute approximate surface area is 216 Å². The molecular formula is C26H32Cl2N2O5. The molecule has 1 heterocycles. The van der Waals surface area contributed by atoms with Gasteiger partial charge in [-0.15, -0.1) is 5.16 Å². The third-order valence-corrected chi connectivity index (χ3v) is 6.83. The summed E-state index contributed by atoms with van der Waals surface area (Å²) in [6.45, 7) is 8.92. The van der Waals surface area contributed by atoms with Gasteiger partial charge in [-0.1, -0.05) is 56.1 Å². The fourth-order valence-electron chi connectivity index (χ4n) is 4.89. The smallest absolute Gasteiger partial charge is 0.407 e. The highest BCUT2D eigenvalue weighted by molar-refractivity contribution is 6.37. The zero-order chi connectivity index (χ0) is 25.8. The van der Waals surface area contributed by atoms with Gasteiger partial charge in [-0.05, 0) is 60.1 Å². The molecule has 1 saturated heterocycles. The van der Waals surface area contributed by atoms with Crippen molar-refractivity contribution >= 4 is 35.5 Å². The molecular weight excluding hydrogens is 491 g/mol. The Morgan fingerprint density at radius 1 is 1.14 bits per heavy atom. The minimum Gasteiger partial charge on any atom is -0.490 e. The summed E-state index contributed by atoms with van der Waals surface area (Å²) in [5.74, 6) is 0.861. The van der Waals surface area contributed by atoms with Crippen molar-refractivity contribution in [2.75, 3.05) is 19.8 Å². The molecule has 0 bridgehead atoms. The first-order chi connectivity index (χ1) is 16.5. The van der Waals surface area contributed by atoms with Crippen LogP contribution in [0.2, 0.25) is 10.0 Å². The summed E-state index contributed by atoms with van der Waals surface area (Å²) in [4.78, 5) is 13.4. The monoisotopic (exact) mass is 522 g/mol. The van der Waals surface area contributed by atoms with Crippen LogP contribution >= 0.6 is 23.2 Å². The average Bonchev–Trinajstić information content (AvgIpc) is 2.77. The van der Waals surface area contributed by atoms with Crippen molar-refractivity contribution in [3.63, 3.8) is 0 Å². The standard InChI is InChI=1S/C26H32Cl2N2O5/c1-16-13-21(27)23(22(28)14-16)35-12-11-34-18-7-5-17(6-8-18)19-9-10-30(25(31)32)24(26(2,3)4)20(19)15-29-33/h5-8,13-15,19-20,24,33H,9-12H2,1-4H3,(H,31,32)/t19-,20-,24?/m1/s1. The van der Waals surface area contributed by atoms with Crippen molar-refractivity contribution in [3.8, 4) is 11.5 Å². The normalized spacial score (nSPS) is 20.7. The molecule has 0 aromatic heterocycles. The zero-order valence-electron chi connectivity index (χ0n) is 20.4. The fraction of sp³-hybridized carbons (Fsp3) is 0.462. The van der Waals surface area contributed by atoms with Crippen LogP contribution in [0, 0.1) is 18.3 Å². The van der Waals surface area contributed by atoms with Gasteiger partial charge in [0.15, 0.2) is 5.75 Å². The highest BCUT2D eigenvalue weighted by atomic mass is 35.5. The molecule has 2 aromatic carbocycles. The number of amides is 1. The van der Waals surface area contributed by atoms with E-state index in [1.165, 1.54) is 11.1 Å². The second-order valence-electron chi connectivity index (χ2n) is 9.85. The predicted octanol–water partition coefficient (Wildman–Crippen LogP) is 6.72. The maximum atomic E-state index is 11.9. The molecule has 1 aliphatic rings. The summed E-state index contributed by atoms with van der Waals surface area (Å²) in [5, 5.41) is 23.3. The van der Waals surface area contributed by atoms with E-state index in [2.05, 4.69) is 5.16 Å². The maximum Gasteiger partial charge on any atom is 0.407 e. The van der Waals surface area contributed by atoms with Gasteiger partial charge >= 0.3 is 6.09 Å². The topological polar surface area (TPSA) is 91.6 Å². The summed E-state index contributed by atoms with van der Waals surface area (Å²) >= 11 is 12.4. The Kier molecular flexibility index (Phi) is 8.78. The fourth-order valence-corrected chi connectivity index (χ4v) is 5.59. The number of halogens is 2. The summed E-state index contributed by atoms with van der Waals surface area (Å²) in [6.07, 6.45) is 1.14. The first-order valence-corrected chi connectivity index (χ1v) is 12.3. The molecule has 0 spiro atoms. The number of carboxylic acid groups (broad SMARTS) is 1. The molecule has 1 unspecified atom stereocenters. The van der Waals surface area contributed by atoms with Gasteiger partial charge < -0.3 is 24.7 Å². The van der Waals surface area contributed by atoms with Crippen LogP contribution in [-0.2, 0) is 0 Å². The molecule has 2 aromatic rings. The van der Waals surface area contributed by atoms with Crippen LogP contribution in [0.4, 0.5) is 4.79 Å². The molecule has 3 rings (SSSR count). The largest absolute Gasteiger partial charge is 0.490 e. The number of oxime groups is 1. The third-order valence-electron chi connectivity index (χ3n) is 6.27. The summed E-state index contributed by atoms with van der Waals surface area (Å²) in [6, 6.07) is 11.0. The van der Waals surface area contributed by atoms with Gasteiger partial charge in [0.05, 0.1) is 10.0 Å². The van der Waals surface area contributed by atoms with Gasteiger partial charge in [-0.2, -0.15) is 0 Å². The Bertz CT molecular complexity index is 1030. The van der Waals surface area contributed by atoms with E-state index in [-0.39, 0.29) is 29.9 Å². The molecule has 35 heavy (non-hydrogen) atoms. The first-order valence-electron chi connectivity index (χ1n) is 11.5. The Morgan fingerprint density at radius 2 is 1.74 bits per heavy atom. The van der Waals surface area contributed by atoms with E-state index >= 15 is 0 Å². The van der Waals surface area contributed by atoms with E-state index in [0.717, 1.165) is 11.1 Å². The lowest BCUT2D eigenvalue weighted by Gasteiger charge is -2.48. The van der Waals surface area contributed by atoms with Crippen molar-refractivity contribution in [1.29, 1.82) is 0 Å². The molecule has 2 N–H and O–H groups in total. The van der Waals surface area contributed by atoms with Gasteiger partial charge in [0.25, 0.3) is 0 Å². The van der Waals surface area contributed by atoms with Crippen LogP contribution in [0.3, 0.4) is 0 Å². The highest BCUT2D eigenvalue weighted by Gasteiger charge is 2.45. The summed E-state index contributed by atoms with van der Waals surface area (Å²) in [5.41, 5.74) is 1.66. The van der Waals surface area contributed by atoms with Crippen LogP contribution in [0.25, 0.3) is 0 Å². The van der Waals surface area contributed by atoms with Gasteiger partial charge in [0.1, 0.15) is 19.0 Å². The van der Waals surface area contributed by atoms with Crippen LogP contribution in [0.15, 0.2) is 41.6 Å². The number of hydrogen-bond donors (Lipinski definition) is 2. The summed E-state index contributed by atoms with van der Waals surface area (Å²) < 4.78 is 11.5. The molecule has 1 aliphatic heterocycles. The molecule has 0 saturated carbocycles. The number of hydrogen-bond acceptors (Lipinski definition) is 5. The van der Waals surface area contributed by atoms with E-state index < -0.39 is 6.09 Å². The minimum absolute atomic E-state index is 0.00827. The van der Waals surface area contributed by atoms with E-state index in [0.29, 0.717) is 41.1 Å². The van der Waals surface area contributed by atoms with Crippen LogP contribution in [-0.4, -0.2) is 53.3 Å². The second kappa shape index (κ2) is 11.4. The molecule has 7 nitrogen and oxygen atoms in total. The van der Waals surface area contributed by atoms with Crippen LogP contribution < -0.4 is 9.47 Å². The lowest BCUT2D eigenvalue weighted by Crippen LogP contribution is -2.56. The lowest BCUT2D eigenvalue weighted by molar-refractivity contribution is 0.0343. The second-order valence-corrected chi connectivity index (χ2v) is 10.7. The zero-order valence-corrected chi connectivity index (χ0v) is 21.9. The van der Waals surface area contributed by atoms with Crippen LogP contribution in [0.1, 0.15) is 44.2 Å². The number of aryl methyl sites for hydroxylation is 1. The summed E-state index contributed by atoms with van der Waals surface area (Å²) in [7, 11) is 0. The molecule has 0 radical (unpaired) electrons. The number of ether oxygens (including phenoxy) is 2. The molecule has 190 valence electrons. The number of benzene rings is 2. The number of nitrogens with zero attached hydrogens (tertiary/aromatic N) is 2. The number of likely N-dealkylation sites (tertiary alicyclic amines) is 1. The maximum absolute atomic E-state index is 11.9. The van der Waals surface area contributed by atoms with Crippen molar-refractivity contribution in [2.45, 2.75) is 46.1 Å². The first kappa shape index (κ1) is 27.0. The number of carbonyl (C=O) groups is 1. The molecule has 0 aliphatic carbocycles. The lowest BCUT2D eigenvalue weighted by atomic mass is 9.68. The van der Waals surface area contributed by atoms with E-state index in [1.54, 1.807) is 12.1 Å². The highest BCUT2D eigenvalue weighted by Crippen LogP contribution is 2.43. The number of rotatable bonds is 7. The van der Waals surface area contributed by atoms with Gasteiger partial charge in [-0.25, -0.2) is 4.79 Å². The molecule has 9 heteroatoms. The average molecular weight is 523 g/mol. The van der Waals surface area contributed by atoms with Gasteiger partial charge in [0.2, 0.25) is 0 Å². The van der Waals surface area contributed by atoms with Crippen molar-refractivity contribution in [2.24, 2.45) is 16.5 Å². The Morgan fingerprint density at radius 3 is 2.29 bits per heavy atom. The quantitative estimate of drug-likeness (QED) is 0.182. The molecule has 3 atom stereocenters. The predicted molar refractivity (Wildman–Crippen MR) is 138 cm³/mol. The van der Waals surface area contributed by atoms with E-state index in [4.69, 9.17) is 32.7 Å². The van der Waals surface area contributed by atoms with Crippen molar-refractivity contribution in [3.05, 3.63) is 57.6 Å². The SMILES string of the molecule is Cc1cc(Cl)c(OCCOc2ccc([C@H]3CCN(C(=O)O)C(C(C)(C)C)[C@@H]3C=NO)cc2)c(Cl)c1. The van der Waals surface area contributed by atoms with E-state index in [1.807, 2.05) is 52.0 Å². The van der Waals surface area contributed by atoms with Crippen molar-refractivity contribution in [1.82, 2.24) is 4.90 Å². The molecule has 1 fully saturated rings. The van der Waals surface area contributed by atoms with Crippen molar-refractivity contribution < 1.29 is 24.6 Å².